The highest BCUT2D eigenvalue weighted by molar-refractivity contribution is 8.02. The molecular weight excluding hydrogens is 346 g/mol. The summed E-state index contributed by atoms with van der Waals surface area (Å²) in [6, 6.07) is 10.2. The number of carbonyl (C=O) groups excluding carboxylic acids is 1. The third-order valence-corrected chi connectivity index (χ3v) is 6.29. The van der Waals surface area contributed by atoms with E-state index in [0.29, 0.717) is 10.00 Å². The molecule has 0 spiro atoms. The molecule has 1 aromatic carbocycles. The molecule has 0 unspecified atom stereocenters. The van der Waals surface area contributed by atoms with E-state index in [1.807, 2.05) is 37.3 Å². The van der Waals surface area contributed by atoms with Gasteiger partial charge in [0.15, 0.2) is 8.29 Å². The van der Waals surface area contributed by atoms with E-state index in [0.717, 1.165) is 22.9 Å². The van der Waals surface area contributed by atoms with Crippen LogP contribution in [-0.2, 0) is 4.79 Å². The van der Waals surface area contributed by atoms with Crippen LogP contribution in [-0.4, -0.2) is 27.0 Å². The fraction of sp³-hybridized carbons (Fsp3) is 0.438. The van der Waals surface area contributed by atoms with Crippen LogP contribution in [0.4, 0.5) is 0 Å². The Hall–Kier alpha value is -1.18. The van der Waals surface area contributed by atoms with Crippen molar-refractivity contribution in [1.82, 2.24) is 15.1 Å². The Morgan fingerprint density at radius 1 is 1.39 bits per heavy atom. The summed E-state index contributed by atoms with van der Waals surface area (Å²) >= 11 is 8.31. The van der Waals surface area contributed by atoms with Crippen molar-refractivity contribution in [1.29, 1.82) is 0 Å². The van der Waals surface area contributed by atoms with E-state index in [1.165, 1.54) is 35.9 Å². The average Bonchev–Trinajstić information content (AvgIpc) is 3.18. The molecule has 2 aromatic rings. The zero-order valence-corrected chi connectivity index (χ0v) is 15.3. The molecule has 0 bridgehead atoms. The third kappa shape index (κ3) is 4.22. The number of hydrogen-bond acceptors (Lipinski definition) is 5. The number of nitrogens with one attached hydrogen (secondary N) is 1. The predicted octanol–water partition coefficient (Wildman–Crippen LogP) is 4.20. The van der Waals surface area contributed by atoms with Gasteiger partial charge in [0.2, 0.25) is 5.91 Å². The molecule has 0 aliphatic heterocycles. The van der Waals surface area contributed by atoms with Gasteiger partial charge >= 0.3 is 0 Å². The largest absolute Gasteiger partial charge is 0.352 e. The lowest BCUT2D eigenvalue weighted by Crippen LogP contribution is -2.37. The highest BCUT2D eigenvalue weighted by atomic mass is 32.2. The number of rotatable bonds is 5. The maximum atomic E-state index is 12.3. The number of benzene rings is 1. The van der Waals surface area contributed by atoms with Gasteiger partial charge in [0.05, 0.1) is 10.9 Å². The Morgan fingerprint density at radius 2 is 2.09 bits per heavy atom. The molecular formula is C16H19N3OS3. The topological polar surface area (TPSA) is 46.9 Å². The first-order valence-corrected chi connectivity index (χ1v) is 9.86. The van der Waals surface area contributed by atoms with Gasteiger partial charge < -0.3 is 5.32 Å². The molecule has 1 atom stereocenters. The van der Waals surface area contributed by atoms with Crippen molar-refractivity contribution < 1.29 is 4.79 Å². The first kappa shape index (κ1) is 16.7. The zero-order valence-electron chi connectivity index (χ0n) is 12.9. The summed E-state index contributed by atoms with van der Waals surface area (Å²) in [4.78, 5) is 12.3. The summed E-state index contributed by atoms with van der Waals surface area (Å²) in [5.41, 5.74) is 0.948. The smallest absolute Gasteiger partial charge is 0.233 e. The second-order valence-corrected chi connectivity index (χ2v) is 8.84. The van der Waals surface area contributed by atoms with Crippen molar-refractivity contribution in [2.75, 3.05) is 0 Å². The van der Waals surface area contributed by atoms with Gasteiger partial charge in [0.1, 0.15) is 0 Å². The van der Waals surface area contributed by atoms with E-state index in [1.54, 1.807) is 4.68 Å². The van der Waals surface area contributed by atoms with Crippen molar-refractivity contribution in [3.05, 3.63) is 34.3 Å². The second-order valence-electron chi connectivity index (χ2n) is 5.63. The summed E-state index contributed by atoms with van der Waals surface area (Å²) in [5, 5.41) is 7.52. The van der Waals surface area contributed by atoms with Crippen LogP contribution >= 0.6 is 35.3 Å². The Bertz CT molecular complexity index is 720. The molecule has 1 aliphatic rings. The number of nitrogens with zero attached hydrogens (tertiary/aromatic N) is 2. The molecule has 0 saturated heterocycles. The number of para-hydroxylation sites is 1. The molecule has 0 radical (unpaired) electrons. The number of thioether (sulfide) groups is 1. The van der Waals surface area contributed by atoms with E-state index >= 15 is 0 Å². The van der Waals surface area contributed by atoms with E-state index in [2.05, 4.69) is 10.4 Å². The minimum atomic E-state index is -0.166. The monoisotopic (exact) mass is 365 g/mol. The van der Waals surface area contributed by atoms with Crippen LogP contribution in [0.1, 0.15) is 32.6 Å². The fourth-order valence-corrected chi connectivity index (χ4v) is 5.15. The van der Waals surface area contributed by atoms with Crippen molar-refractivity contribution in [3.8, 4) is 5.69 Å². The predicted molar refractivity (Wildman–Crippen MR) is 98.0 cm³/mol. The molecule has 1 aliphatic carbocycles. The van der Waals surface area contributed by atoms with Gasteiger partial charge in [-0.15, -0.1) is 5.10 Å². The fourth-order valence-electron chi connectivity index (χ4n) is 2.63. The highest BCUT2D eigenvalue weighted by Gasteiger charge is 2.22. The normalized spacial score (nSPS) is 16.4. The molecule has 1 amide bonds. The molecule has 1 aromatic heterocycles. The van der Waals surface area contributed by atoms with Crippen LogP contribution in [0.25, 0.3) is 5.69 Å². The lowest BCUT2D eigenvalue weighted by atomic mass is 10.2. The molecule has 1 N–H and O–H groups in total. The highest BCUT2D eigenvalue weighted by Crippen LogP contribution is 2.28. The van der Waals surface area contributed by atoms with Crippen LogP contribution in [0.15, 0.2) is 34.7 Å². The number of amides is 1. The summed E-state index contributed by atoms with van der Waals surface area (Å²) in [7, 11) is 0. The van der Waals surface area contributed by atoms with Gasteiger partial charge in [-0.3, -0.25) is 4.79 Å². The van der Waals surface area contributed by atoms with Crippen molar-refractivity contribution >= 4 is 41.2 Å². The van der Waals surface area contributed by atoms with E-state index in [-0.39, 0.29) is 11.2 Å². The Labute approximate surface area is 149 Å². The van der Waals surface area contributed by atoms with Crippen LogP contribution in [0.3, 0.4) is 0 Å². The van der Waals surface area contributed by atoms with Crippen LogP contribution in [0.5, 0.6) is 0 Å². The van der Waals surface area contributed by atoms with E-state index in [4.69, 9.17) is 12.2 Å². The van der Waals surface area contributed by atoms with Gasteiger partial charge in [-0.05, 0) is 44.1 Å². The molecule has 23 heavy (non-hydrogen) atoms. The van der Waals surface area contributed by atoms with E-state index < -0.39 is 0 Å². The molecule has 3 rings (SSSR count). The second kappa shape index (κ2) is 7.59. The van der Waals surface area contributed by atoms with E-state index in [9.17, 15) is 4.79 Å². The number of hydrogen-bond donors (Lipinski definition) is 1. The standard InChI is InChI=1S/C16H19N3OS3/c1-11(14(20)17-12-7-5-6-8-12)22-15-18-19(16(21)23-15)13-9-3-2-4-10-13/h2-4,9-12H,5-8H2,1H3,(H,17,20)/t11-/m1/s1. The Morgan fingerprint density at radius 3 is 2.78 bits per heavy atom. The first-order valence-electron chi connectivity index (χ1n) is 7.76. The zero-order chi connectivity index (χ0) is 16.2. The van der Waals surface area contributed by atoms with Crippen molar-refractivity contribution in [3.63, 3.8) is 0 Å². The Balaban J connectivity index is 1.66. The quantitative estimate of drug-likeness (QED) is 0.637. The molecule has 1 saturated carbocycles. The van der Waals surface area contributed by atoms with Crippen LogP contribution in [0.2, 0.25) is 0 Å². The summed E-state index contributed by atoms with van der Waals surface area (Å²) < 4.78 is 3.28. The SMILES string of the molecule is C[C@@H](Sc1nn(-c2ccccc2)c(=S)s1)C(=O)NC1CCCC1. The summed E-state index contributed by atoms with van der Waals surface area (Å²) in [5.74, 6) is 0.0919. The third-order valence-electron chi connectivity index (χ3n) is 3.88. The Kier molecular flexibility index (Phi) is 5.50. The minimum absolute atomic E-state index is 0.0919. The number of carbonyl (C=O) groups is 1. The van der Waals surface area contributed by atoms with Gasteiger partial charge in [-0.2, -0.15) is 0 Å². The van der Waals surface area contributed by atoms with Crippen molar-refractivity contribution in [2.45, 2.75) is 48.2 Å². The minimum Gasteiger partial charge on any atom is -0.352 e. The van der Waals surface area contributed by atoms with Gasteiger partial charge in [-0.1, -0.05) is 54.1 Å². The molecule has 1 heterocycles. The molecule has 122 valence electrons. The molecule has 7 heteroatoms. The summed E-state index contributed by atoms with van der Waals surface area (Å²) in [6.07, 6.45) is 4.64. The van der Waals surface area contributed by atoms with Gasteiger partial charge in [0.25, 0.3) is 0 Å². The van der Waals surface area contributed by atoms with Crippen molar-refractivity contribution in [2.24, 2.45) is 0 Å². The lowest BCUT2D eigenvalue weighted by Gasteiger charge is -2.15. The molecule has 4 nitrogen and oxygen atoms in total. The van der Waals surface area contributed by atoms with Crippen LogP contribution < -0.4 is 5.32 Å². The van der Waals surface area contributed by atoms with Gasteiger partial charge in [0, 0.05) is 6.04 Å². The maximum absolute atomic E-state index is 12.3. The first-order chi connectivity index (χ1) is 11.1. The average molecular weight is 366 g/mol. The maximum Gasteiger partial charge on any atom is 0.233 e. The molecule has 1 fully saturated rings. The number of aromatic nitrogens is 2. The lowest BCUT2D eigenvalue weighted by molar-refractivity contribution is -0.120. The van der Waals surface area contributed by atoms with Crippen LogP contribution in [0, 0.1) is 3.95 Å². The summed E-state index contributed by atoms with van der Waals surface area (Å²) in [6.45, 7) is 1.92. The van der Waals surface area contributed by atoms with Gasteiger partial charge in [-0.25, -0.2) is 4.68 Å².